The Bertz CT molecular complexity index is 443. The first-order chi connectivity index (χ1) is 9.08. The van der Waals surface area contributed by atoms with E-state index in [2.05, 4.69) is 26.0 Å². The van der Waals surface area contributed by atoms with Gasteiger partial charge < -0.3 is 10.6 Å². The molecule has 2 rings (SSSR count). The lowest BCUT2D eigenvalue weighted by atomic mass is 10.0. The van der Waals surface area contributed by atoms with Gasteiger partial charge in [0.05, 0.1) is 0 Å². The van der Waals surface area contributed by atoms with Crippen molar-refractivity contribution < 1.29 is 4.79 Å². The van der Waals surface area contributed by atoms with Crippen LogP contribution in [0.1, 0.15) is 19.4 Å². The molecule has 1 saturated heterocycles. The second kappa shape index (κ2) is 5.72. The fraction of sp³-hybridized carbons (Fsp3) is 0.533. The second-order valence-corrected chi connectivity index (χ2v) is 5.27. The Hall–Kier alpha value is -1.39. The molecule has 104 valence electrons. The standard InChI is InChI=1S/C15H23N3O/c1-4-12-5-7-13(8-6-12)18-11(2)10-17(3)14(9-16)15(18)19/h5-8,11,14H,4,9-10,16H2,1-3H3. The van der Waals surface area contributed by atoms with Crippen LogP contribution < -0.4 is 10.6 Å². The van der Waals surface area contributed by atoms with E-state index < -0.39 is 0 Å². The quantitative estimate of drug-likeness (QED) is 0.890. The number of rotatable bonds is 3. The monoisotopic (exact) mass is 261 g/mol. The summed E-state index contributed by atoms with van der Waals surface area (Å²) < 4.78 is 0. The highest BCUT2D eigenvalue weighted by molar-refractivity contribution is 5.98. The predicted octanol–water partition coefficient (Wildman–Crippen LogP) is 1.24. The molecule has 0 aromatic heterocycles. The van der Waals surface area contributed by atoms with E-state index in [1.54, 1.807) is 0 Å². The zero-order valence-corrected chi connectivity index (χ0v) is 12.0. The molecule has 0 saturated carbocycles. The Morgan fingerprint density at radius 2 is 1.95 bits per heavy atom. The van der Waals surface area contributed by atoms with Crippen LogP contribution in [0.2, 0.25) is 0 Å². The molecular formula is C15H23N3O. The molecular weight excluding hydrogens is 238 g/mol. The number of aryl methyl sites for hydroxylation is 1. The average molecular weight is 261 g/mol. The van der Waals surface area contributed by atoms with Gasteiger partial charge in [0.1, 0.15) is 6.04 Å². The number of nitrogens with two attached hydrogens (primary N) is 1. The van der Waals surface area contributed by atoms with Gasteiger partial charge in [0.25, 0.3) is 0 Å². The summed E-state index contributed by atoms with van der Waals surface area (Å²) in [6.07, 6.45) is 1.01. The Morgan fingerprint density at radius 3 is 2.47 bits per heavy atom. The van der Waals surface area contributed by atoms with Crippen molar-refractivity contribution in [3.8, 4) is 0 Å². The lowest BCUT2D eigenvalue weighted by Gasteiger charge is -2.42. The van der Waals surface area contributed by atoms with E-state index in [0.29, 0.717) is 6.54 Å². The van der Waals surface area contributed by atoms with E-state index in [1.807, 2.05) is 29.0 Å². The zero-order chi connectivity index (χ0) is 14.0. The average Bonchev–Trinajstić information content (AvgIpc) is 2.39. The van der Waals surface area contributed by atoms with E-state index in [0.717, 1.165) is 18.7 Å². The lowest BCUT2D eigenvalue weighted by molar-refractivity contribution is -0.125. The number of likely N-dealkylation sites (N-methyl/N-ethyl adjacent to an activating group) is 1. The summed E-state index contributed by atoms with van der Waals surface area (Å²) in [4.78, 5) is 16.5. The molecule has 1 aliphatic heterocycles. The van der Waals surface area contributed by atoms with Crippen molar-refractivity contribution >= 4 is 11.6 Å². The van der Waals surface area contributed by atoms with Gasteiger partial charge in [-0.3, -0.25) is 9.69 Å². The zero-order valence-electron chi connectivity index (χ0n) is 12.0. The first-order valence-corrected chi connectivity index (χ1v) is 6.90. The maximum Gasteiger partial charge on any atom is 0.245 e. The maximum absolute atomic E-state index is 12.5. The number of benzene rings is 1. The predicted molar refractivity (Wildman–Crippen MR) is 78.2 cm³/mol. The van der Waals surface area contributed by atoms with Crippen LogP contribution in [0, 0.1) is 0 Å². The van der Waals surface area contributed by atoms with Crippen LogP contribution in [0.25, 0.3) is 0 Å². The Labute approximate surface area is 115 Å². The van der Waals surface area contributed by atoms with Crippen LogP contribution in [0.5, 0.6) is 0 Å². The Balaban J connectivity index is 2.28. The first kappa shape index (κ1) is 14.0. The lowest BCUT2D eigenvalue weighted by Crippen LogP contribution is -2.62. The third kappa shape index (κ3) is 2.65. The van der Waals surface area contributed by atoms with Gasteiger partial charge in [0.15, 0.2) is 0 Å². The molecule has 1 aromatic rings. The van der Waals surface area contributed by atoms with Crippen molar-refractivity contribution in [1.82, 2.24) is 4.90 Å². The molecule has 2 unspecified atom stereocenters. The van der Waals surface area contributed by atoms with Gasteiger partial charge in [-0.05, 0) is 38.1 Å². The molecule has 0 aliphatic carbocycles. The summed E-state index contributed by atoms with van der Waals surface area (Å²) >= 11 is 0. The SMILES string of the molecule is CCc1ccc(N2C(=O)C(CN)N(C)CC2C)cc1. The summed E-state index contributed by atoms with van der Waals surface area (Å²) in [6.45, 7) is 5.42. The summed E-state index contributed by atoms with van der Waals surface area (Å²) in [5.74, 6) is 0.105. The minimum Gasteiger partial charge on any atom is -0.328 e. The molecule has 1 fully saturated rings. The molecule has 19 heavy (non-hydrogen) atoms. The Morgan fingerprint density at radius 1 is 1.32 bits per heavy atom. The van der Waals surface area contributed by atoms with Crippen molar-refractivity contribution in [2.75, 3.05) is 25.0 Å². The number of carbonyl (C=O) groups is 1. The summed E-state index contributed by atoms with van der Waals surface area (Å²) in [7, 11) is 1.96. The number of hydrogen-bond acceptors (Lipinski definition) is 3. The van der Waals surface area contributed by atoms with Gasteiger partial charge in [-0.25, -0.2) is 0 Å². The number of anilines is 1. The number of amides is 1. The third-order valence-electron chi connectivity index (χ3n) is 3.89. The van der Waals surface area contributed by atoms with Gasteiger partial charge in [0.2, 0.25) is 5.91 Å². The van der Waals surface area contributed by atoms with Crippen molar-refractivity contribution in [2.45, 2.75) is 32.4 Å². The number of piperazine rings is 1. The fourth-order valence-corrected chi connectivity index (χ4v) is 2.75. The number of hydrogen-bond donors (Lipinski definition) is 1. The number of nitrogens with zero attached hydrogens (tertiary/aromatic N) is 2. The van der Waals surface area contributed by atoms with Crippen LogP contribution in [0.15, 0.2) is 24.3 Å². The van der Waals surface area contributed by atoms with E-state index in [1.165, 1.54) is 5.56 Å². The van der Waals surface area contributed by atoms with Crippen molar-refractivity contribution in [2.24, 2.45) is 5.73 Å². The van der Waals surface area contributed by atoms with Crippen molar-refractivity contribution in [3.63, 3.8) is 0 Å². The van der Waals surface area contributed by atoms with Crippen molar-refractivity contribution in [1.29, 1.82) is 0 Å². The molecule has 2 atom stereocenters. The molecule has 0 bridgehead atoms. The smallest absolute Gasteiger partial charge is 0.245 e. The van der Waals surface area contributed by atoms with Crippen LogP contribution in [0.3, 0.4) is 0 Å². The van der Waals surface area contributed by atoms with Gasteiger partial charge in [-0.15, -0.1) is 0 Å². The largest absolute Gasteiger partial charge is 0.328 e. The maximum atomic E-state index is 12.5. The van der Waals surface area contributed by atoms with Crippen LogP contribution >= 0.6 is 0 Å². The Kier molecular flexibility index (Phi) is 4.22. The van der Waals surface area contributed by atoms with Gasteiger partial charge >= 0.3 is 0 Å². The first-order valence-electron chi connectivity index (χ1n) is 6.90. The van der Waals surface area contributed by atoms with Crippen LogP contribution in [-0.4, -0.2) is 43.0 Å². The van der Waals surface area contributed by atoms with E-state index in [-0.39, 0.29) is 18.0 Å². The van der Waals surface area contributed by atoms with Gasteiger partial charge in [-0.2, -0.15) is 0 Å². The summed E-state index contributed by atoms with van der Waals surface area (Å²) in [6, 6.07) is 8.21. The normalized spacial score (nSPS) is 24.8. The number of carbonyl (C=O) groups excluding carboxylic acids is 1. The molecule has 4 heteroatoms. The minimum atomic E-state index is -0.206. The fourth-order valence-electron chi connectivity index (χ4n) is 2.75. The van der Waals surface area contributed by atoms with Crippen LogP contribution in [0.4, 0.5) is 5.69 Å². The molecule has 1 aliphatic rings. The molecule has 0 spiro atoms. The van der Waals surface area contributed by atoms with E-state index in [4.69, 9.17) is 5.73 Å². The van der Waals surface area contributed by atoms with E-state index >= 15 is 0 Å². The molecule has 1 amide bonds. The van der Waals surface area contributed by atoms with E-state index in [9.17, 15) is 4.79 Å². The third-order valence-corrected chi connectivity index (χ3v) is 3.89. The summed E-state index contributed by atoms with van der Waals surface area (Å²) in [5, 5.41) is 0. The van der Waals surface area contributed by atoms with Crippen LogP contribution in [-0.2, 0) is 11.2 Å². The molecule has 4 nitrogen and oxygen atoms in total. The molecule has 1 aromatic carbocycles. The highest BCUT2D eigenvalue weighted by atomic mass is 16.2. The molecule has 0 radical (unpaired) electrons. The highest BCUT2D eigenvalue weighted by Crippen LogP contribution is 2.24. The topological polar surface area (TPSA) is 49.6 Å². The van der Waals surface area contributed by atoms with Gasteiger partial charge in [0, 0.05) is 24.8 Å². The molecule has 1 heterocycles. The molecule has 2 N–H and O–H groups in total. The minimum absolute atomic E-state index is 0.105. The second-order valence-electron chi connectivity index (χ2n) is 5.27. The highest BCUT2D eigenvalue weighted by Gasteiger charge is 2.36. The summed E-state index contributed by atoms with van der Waals surface area (Å²) in [5.41, 5.74) is 7.99. The van der Waals surface area contributed by atoms with Gasteiger partial charge in [-0.1, -0.05) is 19.1 Å². The van der Waals surface area contributed by atoms with Crippen molar-refractivity contribution in [3.05, 3.63) is 29.8 Å².